The van der Waals surface area contributed by atoms with Crippen molar-refractivity contribution in [3.05, 3.63) is 59.9 Å². The van der Waals surface area contributed by atoms with E-state index in [2.05, 4.69) is 5.32 Å². The first kappa shape index (κ1) is 16.8. The number of halogens is 1. The molecule has 25 heavy (non-hydrogen) atoms. The number of amides is 2. The van der Waals surface area contributed by atoms with Crippen molar-refractivity contribution in [2.45, 2.75) is 13.3 Å². The molecule has 1 heterocycles. The maximum absolute atomic E-state index is 13.0. The van der Waals surface area contributed by atoms with E-state index in [-0.39, 0.29) is 36.4 Å². The van der Waals surface area contributed by atoms with Crippen LogP contribution in [0.3, 0.4) is 0 Å². The van der Waals surface area contributed by atoms with Gasteiger partial charge in [-0.3, -0.25) is 14.4 Å². The number of anilines is 2. The monoisotopic (exact) mass is 340 g/mol. The molecule has 0 saturated carbocycles. The van der Waals surface area contributed by atoms with Gasteiger partial charge in [-0.25, -0.2) is 4.39 Å². The van der Waals surface area contributed by atoms with Crippen molar-refractivity contribution in [2.75, 3.05) is 16.8 Å². The van der Waals surface area contributed by atoms with Crippen molar-refractivity contribution in [1.29, 1.82) is 0 Å². The van der Waals surface area contributed by atoms with E-state index in [4.69, 9.17) is 0 Å². The number of benzene rings is 2. The van der Waals surface area contributed by atoms with Gasteiger partial charge < -0.3 is 10.2 Å². The number of hydrogen-bond donors (Lipinski definition) is 1. The Hall–Kier alpha value is -3.02. The molecule has 1 saturated heterocycles. The molecule has 2 amide bonds. The summed E-state index contributed by atoms with van der Waals surface area (Å²) in [6, 6.07) is 12.3. The van der Waals surface area contributed by atoms with Gasteiger partial charge in [0.25, 0.3) is 0 Å². The maximum Gasteiger partial charge on any atom is 0.229 e. The van der Waals surface area contributed by atoms with Crippen molar-refractivity contribution < 1.29 is 18.8 Å². The number of carbonyl (C=O) groups is 3. The first-order valence-corrected chi connectivity index (χ1v) is 7.92. The minimum absolute atomic E-state index is 0.0883. The van der Waals surface area contributed by atoms with Crippen molar-refractivity contribution in [2.24, 2.45) is 5.92 Å². The van der Waals surface area contributed by atoms with E-state index in [1.807, 2.05) is 0 Å². The van der Waals surface area contributed by atoms with Gasteiger partial charge in [0.15, 0.2) is 5.78 Å². The van der Waals surface area contributed by atoms with Gasteiger partial charge >= 0.3 is 0 Å². The normalized spacial score (nSPS) is 16.8. The summed E-state index contributed by atoms with van der Waals surface area (Å²) >= 11 is 0. The zero-order valence-corrected chi connectivity index (χ0v) is 13.7. The average molecular weight is 340 g/mol. The van der Waals surface area contributed by atoms with Gasteiger partial charge in [-0.2, -0.15) is 0 Å². The van der Waals surface area contributed by atoms with Gasteiger partial charge in [-0.05, 0) is 43.3 Å². The molecular formula is C19H17FN2O3. The number of Topliss-reactive ketones (excluding diaryl/α,β-unsaturated/α-hetero) is 1. The summed E-state index contributed by atoms with van der Waals surface area (Å²) in [6.45, 7) is 1.69. The maximum atomic E-state index is 13.0. The highest BCUT2D eigenvalue weighted by atomic mass is 19.1. The second-order valence-electron chi connectivity index (χ2n) is 6.01. The summed E-state index contributed by atoms with van der Waals surface area (Å²) in [4.78, 5) is 37.5. The fourth-order valence-electron chi connectivity index (χ4n) is 2.81. The average Bonchev–Trinajstić information content (AvgIpc) is 2.98. The van der Waals surface area contributed by atoms with Gasteiger partial charge in [0.2, 0.25) is 11.8 Å². The Morgan fingerprint density at radius 1 is 1.16 bits per heavy atom. The molecular weight excluding hydrogens is 323 g/mol. The van der Waals surface area contributed by atoms with E-state index < -0.39 is 5.92 Å². The first-order valence-electron chi connectivity index (χ1n) is 7.92. The predicted octanol–water partition coefficient (Wildman–Crippen LogP) is 3.02. The number of ketones is 1. The summed E-state index contributed by atoms with van der Waals surface area (Å²) in [6.07, 6.45) is 0.0929. The van der Waals surface area contributed by atoms with Gasteiger partial charge in [-0.15, -0.1) is 0 Å². The molecule has 2 aromatic carbocycles. The lowest BCUT2D eigenvalue weighted by Gasteiger charge is -2.16. The predicted molar refractivity (Wildman–Crippen MR) is 91.9 cm³/mol. The van der Waals surface area contributed by atoms with Crippen LogP contribution in [0.15, 0.2) is 48.5 Å². The fourth-order valence-corrected chi connectivity index (χ4v) is 2.81. The number of carbonyl (C=O) groups excluding carboxylic acids is 3. The molecule has 1 atom stereocenters. The van der Waals surface area contributed by atoms with Crippen LogP contribution in [0.25, 0.3) is 0 Å². The second-order valence-corrected chi connectivity index (χ2v) is 6.01. The highest BCUT2D eigenvalue weighted by Crippen LogP contribution is 2.26. The molecule has 1 aliphatic rings. The Morgan fingerprint density at radius 2 is 1.88 bits per heavy atom. The summed E-state index contributed by atoms with van der Waals surface area (Å²) in [7, 11) is 0. The summed E-state index contributed by atoms with van der Waals surface area (Å²) < 4.78 is 13.0. The molecule has 0 aliphatic carbocycles. The highest BCUT2D eigenvalue weighted by molar-refractivity contribution is 6.04. The number of nitrogens with zero attached hydrogens (tertiary/aromatic N) is 1. The summed E-state index contributed by atoms with van der Waals surface area (Å²) in [5.74, 6) is -1.42. The lowest BCUT2D eigenvalue weighted by Crippen LogP contribution is -2.28. The summed E-state index contributed by atoms with van der Waals surface area (Å²) in [5.41, 5.74) is 1.60. The summed E-state index contributed by atoms with van der Waals surface area (Å²) in [5, 5.41) is 2.75. The number of rotatable bonds is 4. The molecule has 128 valence electrons. The third kappa shape index (κ3) is 3.74. The molecule has 2 aromatic rings. The quantitative estimate of drug-likeness (QED) is 0.870. The topological polar surface area (TPSA) is 66.5 Å². The van der Waals surface area contributed by atoms with Crippen molar-refractivity contribution in [3.63, 3.8) is 0 Å². The Kier molecular flexibility index (Phi) is 4.61. The van der Waals surface area contributed by atoms with Gasteiger partial charge in [-0.1, -0.05) is 12.1 Å². The Balaban J connectivity index is 1.69. The van der Waals surface area contributed by atoms with Crippen LogP contribution >= 0.6 is 0 Å². The van der Waals surface area contributed by atoms with E-state index in [1.54, 1.807) is 24.3 Å². The van der Waals surface area contributed by atoms with E-state index in [0.717, 1.165) is 0 Å². The lowest BCUT2D eigenvalue weighted by molar-refractivity contribution is -0.122. The Labute approximate surface area is 144 Å². The molecule has 0 radical (unpaired) electrons. The SMILES string of the molecule is CC(=O)c1cccc(NC(=O)[C@@H]2CC(=O)N(c3ccc(F)cc3)C2)c1. The first-order chi connectivity index (χ1) is 11.9. The van der Waals surface area contributed by atoms with Crippen LogP contribution < -0.4 is 10.2 Å². The minimum Gasteiger partial charge on any atom is -0.326 e. The lowest BCUT2D eigenvalue weighted by atomic mass is 10.1. The molecule has 0 aromatic heterocycles. The fraction of sp³-hybridized carbons (Fsp3) is 0.211. The Bertz CT molecular complexity index is 833. The minimum atomic E-state index is -0.501. The molecule has 1 fully saturated rings. The molecule has 6 heteroatoms. The molecule has 0 unspecified atom stereocenters. The van der Waals surface area contributed by atoms with Gasteiger partial charge in [0.05, 0.1) is 5.92 Å². The number of nitrogens with one attached hydrogen (secondary N) is 1. The van der Waals surface area contributed by atoms with Crippen LogP contribution in [0.2, 0.25) is 0 Å². The smallest absolute Gasteiger partial charge is 0.229 e. The zero-order valence-electron chi connectivity index (χ0n) is 13.7. The standard InChI is InChI=1S/C19H17FN2O3/c1-12(23)13-3-2-4-16(9-13)21-19(25)14-10-18(24)22(11-14)17-7-5-15(20)6-8-17/h2-9,14H,10-11H2,1H3,(H,21,25)/t14-/m1/s1. The second kappa shape index (κ2) is 6.84. The largest absolute Gasteiger partial charge is 0.326 e. The van der Waals surface area contributed by atoms with Crippen LogP contribution in [-0.4, -0.2) is 24.1 Å². The van der Waals surface area contributed by atoms with Crippen LogP contribution in [0.5, 0.6) is 0 Å². The van der Waals surface area contributed by atoms with Crippen molar-refractivity contribution >= 4 is 29.0 Å². The molecule has 5 nitrogen and oxygen atoms in total. The molecule has 0 bridgehead atoms. The highest BCUT2D eigenvalue weighted by Gasteiger charge is 2.35. The molecule has 1 N–H and O–H groups in total. The molecule has 1 aliphatic heterocycles. The third-order valence-corrected chi connectivity index (χ3v) is 4.17. The van der Waals surface area contributed by atoms with Crippen LogP contribution in [0.4, 0.5) is 15.8 Å². The van der Waals surface area contributed by atoms with Crippen LogP contribution in [0.1, 0.15) is 23.7 Å². The van der Waals surface area contributed by atoms with Gasteiger partial charge in [0, 0.05) is 29.9 Å². The van der Waals surface area contributed by atoms with Gasteiger partial charge in [0.1, 0.15) is 5.82 Å². The van der Waals surface area contributed by atoms with E-state index >= 15 is 0 Å². The molecule has 0 spiro atoms. The van der Waals surface area contributed by atoms with Crippen LogP contribution in [0, 0.1) is 11.7 Å². The van der Waals surface area contributed by atoms with E-state index in [9.17, 15) is 18.8 Å². The zero-order chi connectivity index (χ0) is 18.0. The van der Waals surface area contributed by atoms with Crippen molar-refractivity contribution in [3.8, 4) is 0 Å². The third-order valence-electron chi connectivity index (χ3n) is 4.17. The Morgan fingerprint density at radius 3 is 2.56 bits per heavy atom. The van der Waals surface area contributed by atoms with Crippen LogP contribution in [-0.2, 0) is 9.59 Å². The van der Waals surface area contributed by atoms with Crippen molar-refractivity contribution in [1.82, 2.24) is 0 Å². The van der Waals surface area contributed by atoms with E-state index in [1.165, 1.54) is 36.1 Å². The number of hydrogen-bond acceptors (Lipinski definition) is 3. The molecule has 3 rings (SSSR count). The van der Waals surface area contributed by atoms with E-state index in [0.29, 0.717) is 16.9 Å².